The Balaban J connectivity index is 1.84. The molecule has 2 aliphatic rings. The van der Waals surface area contributed by atoms with Gasteiger partial charge >= 0.3 is 10.2 Å². The lowest BCUT2D eigenvalue weighted by Crippen LogP contribution is -2.39. The second kappa shape index (κ2) is 4.40. The summed E-state index contributed by atoms with van der Waals surface area (Å²) in [5, 5.41) is 0.638. The van der Waals surface area contributed by atoms with Crippen LogP contribution >= 0.6 is 11.6 Å². The first-order valence-corrected chi connectivity index (χ1v) is 7.67. The lowest BCUT2D eigenvalue weighted by atomic mass is 10.1. The Labute approximate surface area is 117 Å². The number of benzene rings is 1. The average Bonchev–Trinajstić information content (AvgIpc) is 2.95. The molecule has 2 aliphatic heterocycles. The van der Waals surface area contributed by atoms with Crippen LogP contribution in [0.25, 0.3) is 0 Å². The smallest absolute Gasteiger partial charge is 0.305 e. The van der Waals surface area contributed by atoms with Gasteiger partial charge in [0.15, 0.2) is 0 Å². The first-order valence-electron chi connectivity index (χ1n) is 5.89. The molecule has 0 radical (unpaired) electrons. The van der Waals surface area contributed by atoms with Gasteiger partial charge in [0.1, 0.15) is 6.67 Å². The van der Waals surface area contributed by atoms with E-state index in [1.807, 2.05) is 24.1 Å². The number of hydrogen-bond acceptors (Lipinski definition) is 3. The van der Waals surface area contributed by atoms with Crippen LogP contribution in [0, 0.1) is 0 Å². The molecule has 0 bridgehead atoms. The van der Waals surface area contributed by atoms with Crippen LogP contribution < -0.4 is 0 Å². The Morgan fingerprint density at radius 2 is 1.89 bits per heavy atom. The summed E-state index contributed by atoms with van der Waals surface area (Å²) in [6.45, 7) is 1.14. The molecule has 1 aromatic carbocycles. The Hall–Kier alpha value is -1.24. The molecule has 0 aromatic heterocycles. The van der Waals surface area contributed by atoms with Gasteiger partial charge in [0.25, 0.3) is 0 Å². The Morgan fingerprint density at radius 1 is 1.16 bits per heavy atom. The van der Waals surface area contributed by atoms with Gasteiger partial charge < -0.3 is 4.90 Å². The molecule has 0 unspecified atom stereocenters. The maximum absolute atomic E-state index is 12.5. The van der Waals surface area contributed by atoms with E-state index in [0.29, 0.717) is 24.8 Å². The zero-order chi connectivity index (χ0) is 13.6. The van der Waals surface area contributed by atoms with Crippen LogP contribution in [0.1, 0.15) is 11.1 Å². The van der Waals surface area contributed by atoms with Gasteiger partial charge in [-0.15, -0.1) is 0 Å². The van der Waals surface area contributed by atoms with E-state index in [1.54, 1.807) is 18.5 Å². The van der Waals surface area contributed by atoms with E-state index in [2.05, 4.69) is 0 Å². The van der Waals surface area contributed by atoms with E-state index < -0.39 is 10.2 Å². The molecule has 2 heterocycles. The second-order valence-corrected chi connectivity index (χ2v) is 7.09. The molecule has 102 valence electrons. The Morgan fingerprint density at radius 3 is 2.58 bits per heavy atom. The summed E-state index contributed by atoms with van der Waals surface area (Å²) in [5.74, 6) is 0. The summed E-state index contributed by atoms with van der Waals surface area (Å²) < 4.78 is 27.8. The van der Waals surface area contributed by atoms with Gasteiger partial charge in [0.05, 0.1) is 0 Å². The number of rotatable bonds is 2. The molecule has 0 aliphatic carbocycles. The van der Waals surface area contributed by atoms with Crippen molar-refractivity contribution in [1.82, 2.24) is 13.5 Å². The standard InChI is InChI=1S/C12H14ClN3O2S/c1-14-4-5-15(9-14)19(17,18)16-7-10-2-3-12(13)6-11(10)8-16/h2-6H,7-9H2,1H3. The molecule has 19 heavy (non-hydrogen) atoms. The maximum Gasteiger partial charge on any atom is 0.305 e. The summed E-state index contributed by atoms with van der Waals surface area (Å²) >= 11 is 5.94. The van der Waals surface area contributed by atoms with Gasteiger partial charge in [-0.3, -0.25) is 0 Å². The maximum atomic E-state index is 12.5. The van der Waals surface area contributed by atoms with E-state index >= 15 is 0 Å². The van der Waals surface area contributed by atoms with Crippen LogP contribution in [0.2, 0.25) is 5.02 Å². The quantitative estimate of drug-likeness (QED) is 0.833. The average molecular weight is 300 g/mol. The predicted octanol–water partition coefficient (Wildman–Crippen LogP) is 1.58. The van der Waals surface area contributed by atoms with Crippen molar-refractivity contribution in [3.05, 3.63) is 46.7 Å². The van der Waals surface area contributed by atoms with Gasteiger partial charge in [-0.25, -0.2) is 4.31 Å². The van der Waals surface area contributed by atoms with Crippen molar-refractivity contribution < 1.29 is 8.42 Å². The van der Waals surface area contributed by atoms with E-state index in [4.69, 9.17) is 11.6 Å². The van der Waals surface area contributed by atoms with Crippen molar-refractivity contribution in [2.24, 2.45) is 0 Å². The van der Waals surface area contributed by atoms with Gasteiger partial charge in [-0.1, -0.05) is 17.7 Å². The molecule has 0 saturated heterocycles. The van der Waals surface area contributed by atoms with E-state index in [-0.39, 0.29) is 0 Å². The molecule has 0 spiro atoms. The zero-order valence-corrected chi connectivity index (χ0v) is 12.0. The molecule has 3 rings (SSSR count). The van der Waals surface area contributed by atoms with Crippen molar-refractivity contribution in [2.75, 3.05) is 13.7 Å². The van der Waals surface area contributed by atoms with Crippen LogP contribution in [0.5, 0.6) is 0 Å². The third-order valence-corrected chi connectivity index (χ3v) is 5.31. The molecule has 0 N–H and O–H groups in total. The molecule has 0 atom stereocenters. The van der Waals surface area contributed by atoms with E-state index in [0.717, 1.165) is 11.1 Å². The number of halogens is 1. The highest BCUT2D eigenvalue weighted by atomic mass is 35.5. The first kappa shape index (κ1) is 12.8. The van der Waals surface area contributed by atoms with Crippen molar-refractivity contribution in [1.29, 1.82) is 0 Å². The lowest BCUT2D eigenvalue weighted by Gasteiger charge is -2.24. The summed E-state index contributed by atoms with van der Waals surface area (Å²) in [5.41, 5.74) is 2.00. The highest BCUT2D eigenvalue weighted by molar-refractivity contribution is 7.86. The van der Waals surface area contributed by atoms with Gasteiger partial charge in [-0.05, 0) is 23.3 Å². The third-order valence-electron chi connectivity index (χ3n) is 3.33. The molecule has 1 aromatic rings. The van der Waals surface area contributed by atoms with E-state index in [1.165, 1.54) is 8.61 Å². The summed E-state index contributed by atoms with van der Waals surface area (Å²) in [6.07, 6.45) is 3.34. The largest absolute Gasteiger partial charge is 0.361 e. The fourth-order valence-electron chi connectivity index (χ4n) is 2.30. The summed E-state index contributed by atoms with van der Waals surface area (Å²) in [7, 11) is -1.62. The number of nitrogens with zero attached hydrogens (tertiary/aromatic N) is 3. The van der Waals surface area contributed by atoms with E-state index in [9.17, 15) is 8.42 Å². The van der Waals surface area contributed by atoms with Crippen molar-refractivity contribution >= 4 is 21.8 Å². The number of hydrogen-bond donors (Lipinski definition) is 0. The van der Waals surface area contributed by atoms with Crippen LogP contribution in [0.4, 0.5) is 0 Å². The fraction of sp³-hybridized carbons (Fsp3) is 0.333. The minimum Gasteiger partial charge on any atom is -0.361 e. The van der Waals surface area contributed by atoms with Gasteiger partial charge in [0.2, 0.25) is 0 Å². The topological polar surface area (TPSA) is 43.9 Å². The fourth-order valence-corrected chi connectivity index (χ4v) is 3.93. The third kappa shape index (κ3) is 2.20. The van der Waals surface area contributed by atoms with Gasteiger partial charge in [-0.2, -0.15) is 12.7 Å². The van der Waals surface area contributed by atoms with Crippen molar-refractivity contribution in [3.8, 4) is 0 Å². The summed E-state index contributed by atoms with van der Waals surface area (Å²) in [4.78, 5) is 1.82. The lowest BCUT2D eigenvalue weighted by molar-refractivity contribution is 0.341. The van der Waals surface area contributed by atoms with Crippen LogP contribution in [0.3, 0.4) is 0 Å². The van der Waals surface area contributed by atoms with Crippen molar-refractivity contribution in [2.45, 2.75) is 13.1 Å². The Bertz CT molecular complexity index is 644. The molecular weight excluding hydrogens is 286 g/mol. The summed E-state index contributed by atoms with van der Waals surface area (Å²) in [6, 6.07) is 5.51. The minimum absolute atomic E-state index is 0.357. The Kier molecular flexibility index (Phi) is 2.96. The minimum atomic E-state index is -3.46. The molecule has 7 heteroatoms. The number of fused-ring (bicyclic) bond motifs is 1. The van der Waals surface area contributed by atoms with Crippen LogP contribution in [0.15, 0.2) is 30.6 Å². The molecule has 0 fully saturated rings. The van der Waals surface area contributed by atoms with Gasteiger partial charge in [0, 0.05) is 37.6 Å². The molecule has 5 nitrogen and oxygen atoms in total. The zero-order valence-electron chi connectivity index (χ0n) is 10.5. The predicted molar refractivity (Wildman–Crippen MR) is 73.2 cm³/mol. The normalized spacial score (nSPS) is 19.3. The van der Waals surface area contributed by atoms with Crippen molar-refractivity contribution in [3.63, 3.8) is 0 Å². The highest BCUT2D eigenvalue weighted by Gasteiger charge is 2.34. The molecular formula is C12H14ClN3O2S. The first-order chi connectivity index (χ1) is 8.96. The molecule has 0 saturated carbocycles. The SMILES string of the molecule is CN1C=CN(S(=O)(=O)N2Cc3ccc(Cl)cc3C2)C1. The monoisotopic (exact) mass is 299 g/mol. The molecule has 0 amide bonds. The second-order valence-electron chi connectivity index (χ2n) is 4.77. The van der Waals surface area contributed by atoms with Crippen LogP contribution in [-0.4, -0.2) is 35.6 Å². The van der Waals surface area contributed by atoms with Crippen LogP contribution in [-0.2, 0) is 23.3 Å². The highest BCUT2D eigenvalue weighted by Crippen LogP contribution is 2.29.